The van der Waals surface area contributed by atoms with Crippen molar-refractivity contribution in [1.29, 1.82) is 0 Å². The van der Waals surface area contributed by atoms with Gasteiger partial charge in [0.15, 0.2) is 0 Å². The summed E-state index contributed by atoms with van der Waals surface area (Å²) < 4.78 is 22.5. The van der Waals surface area contributed by atoms with Crippen molar-refractivity contribution in [1.82, 2.24) is 0 Å². The van der Waals surface area contributed by atoms with Gasteiger partial charge in [0.05, 0.1) is 4.90 Å². The highest BCUT2D eigenvalue weighted by atomic mass is 32.2. The van der Waals surface area contributed by atoms with Crippen molar-refractivity contribution in [3.63, 3.8) is 0 Å². The Kier molecular flexibility index (Phi) is 3.71. The van der Waals surface area contributed by atoms with Crippen molar-refractivity contribution in [2.75, 3.05) is 11.9 Å². The summed E-state index contributed by atoms with van der Waals surface area (Å²) in [7, 11) is -3.62. The van der Waals surface area contributed by atoms with E-state index in [2.05, 4.69) is 5.32 Å². The van der Waals surface area contributed by atoms with Crippen LogP contribution in [0.25, 0.3) is 0 Å². The molecule has 84 valence electrons. The van der Waals surface area contributed by atoms with Crippen molar-refractivity contribution in [2.45, 2.75) is 25.2 Å². The average Bonchev–Trinajstić information content (AvgIpc) is 2.15. The van der Waals surface area contributed by atoms with Gasteiger partial charge in [-0.2, -0.15) is 0 Å². The number of nitrogens with two attached hydrogens (primary N) is 1. The maximum absolute atomic E-state index is 11.2. The van der Waals surface area contributed by atoms with Crippen LogP contribution in [0.2, 0.25) is 0 Å². The first kappa shape index (κ1) is 12.0. The molecule has 0 saturated heterocycles. The second kappa shape index (κ2) is 4.63. The monoisotopic (exact) mass is 228 g/mol. The standard InChI is InChI=1S/C10H16N2O2S/c1-3-6-12-9-5-4-8(2)10(7-9)15(11,13)14/h4-5,7,12H,3,6H2,1-2H3,(H2,11,13,14). The van der Waals surface area contributed by atoms with Crippen LogP contribution in [0.4, 0.5) is 5.69 Å². The van der Waals surface area contributed by atoms with Gasteiger partial charge in [-0.15, -0.1) is 0 Å². The number of benzene rings is 1. The van der Waals surface area contributed by atoms with Gasteiger partial charge in [-0.25, -0.2) is 13.6 Å². The molecule has 0 spiro atoms. The Morgan fingerprint density at radius 2 is 2.07 bits per heavy atom. The van der Waals surface area contributed by atoms with E-state index in [1.54, 1.807) is 19.1 Å². The minimum absolute atomic E-state index is 0.184. The van der Waals surface area contributed by atoms with Gasteiger partial charge < -0.3 is 5.32 Å². The van der Waals surface area contributed by atoms with E-state index in [0.717, 1.165) is 18.7 Å². The summed E-state index contributed by atoms with van der Waals surface area (Å²) >= 11 is 0. The fourth-order valence-electron chi connectivity index (χ4n) is 1.29. The predicted octanol–water partition coefficient (Wildman–Crippen LogP) is 1.46. The Bertz CT molecular complexity index is 441. The van der Waals surface area contributed by atoms with Crippen LogP contribution >= 0.6 is 0 Å². The number of nitrogens with one attached hydrogen (secondary N) is 1. The van der Waals surface area contributed by atoms with Gasteiger partial charge in [-0.05, 0) is 31.0 Å². The van der Waals surface area contributed by atoms with E-state index in [1.165, 1.54) is 0 Å². The molecule has 5 heteroatoms. The predicted molar refractivity (Wildman–Crippen MR) is 61.3 cm³/mol. The van der Waals surface area contributed by atoms with E-state index in [1.807, 2.05) is 13.0 Å². The molecule has 0 heterocycles. The summed E-state index contributed by atoms with van der Waals surface area (Å²) in [6.45, 7) is 4.58. The highest BCUT2D eigenvalue weighted by Crippen LogP contribution is 2.18. The lowest BCUT2D eigenvalue weighted by Crippen LogP contribution is -2.14. The molecule has 0 radical (unpaired) electrons. The van der Waals surface area contributed by atoms with Crippen LogP contribution in [0.5, 0.6) is 0 Å². The first-order chi connectivity index (χ1) is 6.95. The first-order valence-corrected chi connectivity index (χ1v) is 6.37. The molecule has 0 fully saturated rings. The van der Waals surface area contributed by atoms with Crippen LogP contribution in [0, 0.1) is 6.92 Å². The molecule has 0 aliphatic carbocycles. The second-order valence-corrected chi connectivity index (χ2v) is 4.98. The van der Waals surface area contributed by atoms with E-state index in [0.29, 0.717) is 5.56 Å². The normalized spacial score (nSPS) is 11.4. The highest BCUT2D eigenvalue weighted by molar-refractivity contribution is 7.89. The fraction of sp³-hybridized carbons (Fsp3) is 0.400. The smallest absolute Gasteiger partial charge is 0.238 e. The number of rotatable bonds is 4. The largest absolute Gasteiger partial charge is 0.385 e. The zero-order valence-electron chi connectivity index (χ0n) is 8.95. The maximum atomic E-state index is 11.2. The third kappa shape index (κ3) is 3.21. The van der Waals surface area contributed by atoms with Gasteiger partial charge in [0.1, 0.15) is 0 Å². The summed E-state index contributed by atoms with van der Waals surface area (Å²) in [6, 6.07) is 5.16. The van der Waals surface area contributed by atoms with E-state index in [9.17, 15) is 8.42 Å². The zero-order valence-corrected chi connectivity index (χ0v) is 9.76. The SMILES string of the molecule is CCCNc1ccc(C)c(S(N)(=O)=O)c1. The summed E-state index contributed by atoms with van der Waals surface area (Å²) in [4.78, 5) is 0.184. The molecule has 0 amide bonds. The molecule has 0 aromatic heterocycles. The molecule has 0 saturated carbocycles. The van der Waals surface area contributed by atoms with Gasteiger partial charge in [0.25, 0.3) is 0 Å². The third-order valence-electron chi connectivity index (χ3n) is 2.07. The minimum atomic E-state index is -3.62. The van der Waals surface area contributed by atoms with Crippen molar-refractivity contribution < 1.29 is 8.42 Å². The van der Waals surface area contributed by atoms with Crippen LogP contribution in [0.1, 0.15) is 18.9 Å². The van der Waals surface area contributed by atoms with Gasteiger partial charge >= 0.3 is 0 Å². The number of aryl methyl sites for hydroxylation is 1. The molecule has 1 aromatic rings. The van der Waals surface area contributed by atoms with E-state index in [-0.39, 0.29) is 4.90 Å². The molecule has 0 unspecified atom stereocenters. The Morgan fingerprint density at radius 3 is 2.60 bits per heavy atom. The topological polar surface area (TPSA) is 72.2 Å². The molecule has 0 aliphatic heterocycles. The van der Waals surface area contributed by atoms with Gasteiger partial charge in [-0.3, -0.25) is 0 Å². The Labute approximate surface area is 90.5 Å². The average molecular weight is 228 g/mol. The third-order valence-corrected chi connectivity index (χ3v) is 3.13. The molecule has 0 atom stereocenters. The number of sulfonamides is 1. The molecule has 1 aromatic carbocycles. The van der Waals surface area contributed by atoms with Crippen molar-refractivity contribution >= 4 is 15.7 Å². The lowest BCUT2D eigenvalue weighted by Gasteiger charge is -2.08. The molecule has 15 heavy (non-hydrogen) atoms. The summed E-state index contributed by atoms with van der Waals surface area (Å²) in [6.07, 6.45) is 0.985. The van der Waals surface area contributed by atoms with Gasteiger partial charge in [0, 0.05) is 12.2 Å². The summed E-state index contributed by atoms with van der Waals surface area (Å²) in [5.74, 6) is 0. The highest BCUT2D eigenvalue weighted by Gasteiger charge is 2.11. The van der Waals surface area contributed by atoms with Crippen LogP contribution in [0.3, 0.4) is 0 Å². The van der Waals surface area contributed by atoms with Crippen molar-refractivity contribution in [3.8, 4) is 0 Å². The van der Waals surface area contributed by atoms with Gasteiger partial charge in [0.2, 0.25) is 10.0 Å². The van der Waals surface area contributed by atoms with Crippen LogP contribution < -0.4 is 10.5 Å². The number of primary sulfonamides is 1. The lowest BCUT2D eigenvalue weighted by molar-refractivity contribution is 0.597. The maximum Gasteiger partial charge on any atom is 0.238 e. The van der Waals surface area contributed by atoms with E-state index >= 15 is 0 Å². The summed E-state index contributed by atoms with van der Waals surface area (Å²) in [5, 5.41) is 8.21. The molecule has 3 N–H and O–H groups in total. The summed E-state index contributed by atoms with van der Waals surface area (Å²) in [5.41, 5.74) is 1.45. The Morgan fingerprint density at radius 1 is 1.40 bits per heavy atom. The van der Waals surface area contributed by atoms with Crippen molar-refractivity contribution in [2.24, 2.45) is 5.14 Å². The fourth-order valence-corrected chi connectivity index (χ4v) is 2.09. The molecule has 1 rings (SSSR count). The van der Waals surface area contributed by atoms with Crippen molar-refractivity contribution in [3.05, 3.63) is 23.8 Å². The number of anilines is 1. The molecule has 0 bridgehead atoms. The van der Waals surface area contributed by atoms with Crippen LogP contribution in [0.15, 0.2) is 23.1 Å². The second-order valence-electron chi connectivity index (χ2n) is 3.45. The Balaban J connectivity index is 3.06. The first-order valence-electron chi connectivity index (χ1n) is 4.82. The molecular weight excluding hydrogens is 212 g/mol. The number of hydrogen-bond acceptors (Lipinski definition) is 3. The van der Waals surface area contributed by atoms with Gasteiger partial charge in [-0.1, -0.05) is 13.0 Å². The van der Waals surface area contributed by atoms with Crippen LogP contribution in [-0.4, -0.2) is 15.0 Å². The quantitative estimate of drug-likeness (QED) is 0.819. The Hall–Kier alpha value is -1.07. The molecule has 4 nitrogen and oxygen atoms in total. The van der Waals surface area contributed by atoms with E-state index in [4.69, 9.17) is 5.14 Å². The lowest BCUT2D eigenvalue weighted by atomic mass is 10.2. The van der Waals surface area contributed by atoms with E-state index < -0.39 is 10.0 Å². The molecular formula is C10H16N2O2S. The van der Waals surface area contributed by atoms with Crippen LogP contribution in [-0.2, 0) is 10.0 Å². The minimum Gasteiger partial charge on any atom is -0.385 e. The molecule has 0 aliphatic rings. The number of hydrogen-bond donors (Lipinski definition) is 2. The zero-order chi connectivity index (χ0) is 11.5.